The summed E-state index contributed by atoms with van der Waals surface area (Å²) >= 11 is 0. The van der Waals surface area contributed by atoms with Gasteiger partial charge in [0.05, 0.1) is 24.0 Å². The number of carbonyl (C=O) groups is 2. The summed E-state index contributed by atoms with van der Waals surface area (Å²) in [6.07, 6.45) is 3.33. The number of amides is 2. The van der Waals surface area contributed by atoms with Gasteiger partial charge in [-0.1, -0.05) is 18.2 Å². The van der Waals surface area contributed by atoms with E-state index in [9.17, 15) is 14.0 Å². The molecule has 0 spiro atoms. The predicted molar refractivity (Wildman–Crippen MR) is 138 cm³/mol. The number of carbonyl (C=O) groups excluding carboxylic acids is 2. The van der Waals surface area contributed by atoms with Crippen LogP contribution < -0.4 is 15.5 Å². The van der Waals surface area contributed by atoms with Gasteiger partial charge in [-0.2, -0.15) is 5.10 Å². The fraction of sp³-hybridized carbons (Fsp3) is 0.296. The SMILES string of the molecule is Cc1ccc(N2CC(C(=O)NCCn3ncc4c(NCc5ccc(F)cc5)ncnc43)CC2=O)cc1C. The van der Waals surface area contributed by atoms with Crippen LogP contribution in [0.15, 0.2) is 55.0 Å². The first-order valence-corrected chi connectivity index (χ1v) is 12.2. The molecule has 190 valence electrons. The van der Waals surface area contributed by atoms with Crippen LogP contribution in [0, 0.1) is 25.6 Å². The molecule has 0 radical (unpaired) electrons. The predicted octanol–water partition coefficient (Wildman–Crippen LogP) is 3.36. The summed E-state index contributed by atoms with van der Waals surface area (Å²) in [4.78, 5) is 35.7. The van der Waals surface area contributed by atoms with Crippen LogP contribution >= 0.6 is 0 Å². The van der Waals surface area contributed by atoms with E-state index in [1.165, 1.54) is 18.5 Å². The second-order valence-corrected chi connectivity index (χ2v) is 9.27. The van der Waals surface area contributed by atoms with Gasteiger partial charge in [0.15, 0.2) is 5.65 Å². The molecular formula is C27H28FN7O2. The second-order valence-electron chi connectivity index (χ2n) is 9.27. The van der Waals surface area contributed by atoms with Crippen LogP contribution in [0.2, 0.25) is 0 Å². The summed E-state index contributed by atoms with van der Waals surface area (Å²) in [7, 11) is 0. The molecular weight excluding hydrogens is 473 g/mol. The summed E-state index contributed by atoms with van der Waals surface area (Å²) < 4.78 is 14.8. The molecule has 10 heteroatoms. The summed E-state index contributed by atoms with van der Waals surface area (Å²) in [5.41, 5.74) is 4.67. The van der Waals surface area contributed by atoms with Crippen LogP contribution in [-0.4, -0.2) is 44.7 Å². The number of hydrogen-bond donors (Lipinski definition) is 2. The number of halogens is 1. The van der Waals surface area contributed by atoms with Gasteiger partial charge in [0.2, 0.25) is 11.8 Å². The third-order valence-corrected chi connectivity index (χ3v) is 6.73. The van der Waals surface area contributed by atoms with Crippen molar-refractivity contribution < 1.29 is 14.0 Å². The van der Waals surface area contributed by atoms with Crippen molar-refractivity contribution in [2.45, 2.75) is 33.4 Å². The quantitative estimate of drug-likeness (QED) is 0.384. The van der Waals surface area contributed by atoms with Gasteiger partial charge < -0.3 is 15.5 Å². The van der Waals surface area contributed by atoms with Crippen LogP contribution in [0.3, 0.4) is 0 Å². The van der Waals surface area contributed by atoms with E-state index in [0.29, 0.717) is 37.6 Å². The van der Waals surface area contributed by atoms with E-state index in [4.69, 9.17) is 0 Å². The lowest BCUT2D eigenvalue weighted by Crippen LogP contribution is -2.35. The van der Waals surface area contributed by atoms with Crippen LogP contribution in [0.25, 0.3) is 11.0 Å². The van der Waals surface area contributed by atoms with E-state index in [1.807, 2.05) is 32.0 Å². The van der Waals surface area contributed by atoms with Gasteiger partial charge in [-0.3, -0.25) is 9.59 Å². The van der Waals surface area contributed by atoms with Crippen molar-refractivity contribution in [3.63, 3.8) is 0 Å². The van der Waals surface area contributed by atoms with Crippen molar-refractivity contribution in [3.8, 4) is 0 Å². The lowest BCUT2D eigenvalue weighted by atomic mass is 10.1. The molecule has 2 amide bonds. The minimum atomic E-state index is -0.395. The Hall–Kier alpha value is -4.34. The van der Waals surface area contributed by atoms with E-state index in [2.05, 4.69) is 25.7 Å². The number of hydrogen-bond acceptors (Lipinski definition) is 6. The number of fused-ring (bicyclic) bond motifs is 1. The average molecular weight is 502 g/mol. The van der Waals surface area contributed by atoms with Gasteiger partial charge in [0.25, 0.3) is 0 Å². The largest absolute Gasteiger partial charge is 0.365 e. The molecule has 0 bridgehead atoms. The number of rotatable bonds is 8. The summed E-state index contributed by atoms with van der Waals surface area (Å²) in [6.45, 7) is 5.66. The first-order valence-electron chi connectivity index (χ1n) is 12.2. The third kappa shape index (κ3) is 5.28. The van der Waals surface area contributed by atoms with Gasteiger partial charge in [-0.25, -0.2) is 19.0 Å². The van der Waals surface area contributed by atoms with Crippen molar-refractivity contribution >= 4 is 34.4 Å². The van der Waals surface area contributed by atoms with E-state index in [-0.39, 0.29) is 24.1 Å². The van der Waals surface area contributed by atoms with E-state index < -0.39 is 5.92 Å². The number of benzene rings is 2. The molecule has 0 saturated carbocycles. The molecule has 1 fully saturated rings. The zero-order chi connectivity index (χ0) is 25.9. The fourth-order valence-corrected chi connectivity index (χ4v) is 4.44. The maximum atomic E-state index is 13.1. The number of nitrogens with one attached hydrogen (secondary N) is 2. The molecule has 2 aromatic heterocycles. The molecule has 0 aliphatic carbocycles. The monoisotopic (exact) mass is 501 g/mol. The van der Waals surface area contributed by atoms with Crippen molar-refractivity contribution in [2.24, 2.45) is 5.92 Å². The Morgan fingerprint density at radius 2 is 1.92 bits per heavy atom. The molecule has 2 N–H and O–H groups in total. The van der Waals surface area contributed by atoms with Gasteiger partial charge in [0.1, 0.15) is 18.0 Å². The molecule has 1 unspecified atom stereocenters. The van der Waals surface area contributed by atoms with Crippen LogP contribution in [0.1, 0.15) is 23.1 Å². The van der Waals surface area contributed by atoms with Crippen molar-refractivity contribution in [3.05, 3.63) is 77.5 Å². The van der Waals surface area contributed by atoms with E-state index >= 15 is 0 Å². The van der Waals surface area contributed by atoms with Crippen molar-refractivity contribution in [1.29, 1.82) is 0 Å². The topological polar surface area (TPSA) is 105 Å². The second kappa shape index (κ2) is 10.3. The summed E-state index contributed by atoms with van der Waals surface area (Å²) in [6, 6.07) is 12.2. The highest BCUT2D eigenvalue weighted by molar-refractivity contribution is 6.00. The Morgan fingerprint density at radius 1 is 1.11 bits per heavy atom. The van der Waals surface area contributed by atoms with Gasteiger partial charge in [-0.15, -0.1) is 0 Å². The van der Waals surface area contributed by atoms with Gasteiger partial charge in [-0.05, 0) is 54.8 Å². The number of nitrogens with zero attached hydrogens (tertiary/aromatic N) is 5. The molecule has 3 heterocycles. The van der Waals surface area contributed by atoms with Crippen molar-refractivity contribution in [1.82, 2.24) is 25.1 Å². The Bertz CT molecular complexity index is 1450. The van der Waals surface area contributed by atoms with Gasteiger partial charge in [0, 0.05) is 31.7 Å². The maximum Gasteiger partial charge on any atom is 0.227 e. The van der Waals surface area contributed by atoms with Crippen molar-refractivity contribution in [2.75, 3.05) is 23.3 Å². The number of aryl methyl sites for hydroxylation is 2. The summed E-state index contributed by atoms with van der Waals surface area (Å²) in [5, 5.41) is 11.3. The van der Waals surface area contributed by atoms with Crippen LogP contribution in [-0.2, 0) is 22.7 Å². The maximum absolute atomic E-state index is 13.1. The Labute approximate surface area is 213 Å². The standard InChI is InChI=1S/C27H28FN7O2/c1-17-3-8-22(11-18(17)2)34-15-20(12-24(34)36)27(37)29-9-10-35-26-23(14-33-35)25(31-16-32-26)30-13-19-4-6-21(28)7-5-19/h3-8,11,14,16,20H,9-10,12-13,15H2,1-2H3,(H,29,37)(H,30,31,32). The molecule has 1 atom stereocenters. The third-order valence-electron chi connectivity index (χ3n) is 6.73. The molecule has 4 aromatic rings. The molecule has 1 aliphatic heterocycles. The Balaban J connectivity index is 1.17. The summed E-state index contributed by atoms with van der Waals surface area (Å²) in [5.74, 6) is -0.236. The zero-order valence-corrected chi connectivity index (χ0v) is 20.7. The average Bonchev–Trinajstić information content (AvgIpc) is 3.49. The Morgan fingerprint density at radius 3 is 2.70 bits per heavy atom. The number of anilines is 2. The first-order chi connectivity index (χ1) is 17.9. The normalized spacial score (nSPS) is 15.4. The minimum absolute atomic E-state index is 0.0427. The molecule has 1 saturated heterocycles. The lowest BCUT2D eigenvalue weighted by Gasteiger charge is -2.18. The van der Waals surface area contributed by atoms with E-state index in [0.717, 1.165) is 27.8 Å². The van der Waals surface area contributed by atoms with Gasteiger partial charge >= 0.3 is 0 Å². The van der Waals surface area contributed by atoms with E-state index in [1.54, 1.807) is 27.9 Å². The lowest BCUT2D eigenvalue weighted by molar-refractivity contribution is -0.126. The smallest absolute Gasteiger partial charge is 0.227 e. The van der Waals surface area contributed by atoms with Crippen LogP contribution in [0.4, 0.5) is 15.9 Å². The first kappa shape index (κ1) is 24.4. The molecule has 9 nitrogen and oxygen atoms in total. The molecule has 5 rings (SSSR count). The minimum Gasteiger partial charge on any atom is -0.365 e. The zero-order valence-electron chi connectivity index (χ0n) is 20.7. The fourth-order valence-electron chi connectivity index (χ4n) is 4.44. The Kier molecular flexibility index (Phi) is 6.80. The highest BCUT2D eigenvalue weighted by Gasteiger charge is 2.35. The number of aromatic nitrogens is 4. The van der Waals surface area contributed by atoms with Crippen LogP contribution in [0.5, 0.6) is 0 Å². The molecule has 1 aliphatic rings. The molecule has 2 aromatic carbocycles. The molecule has 37 heavy (non-hydrogen) atoms. The highest BCUT2D eigenvalue weighted by Crippen LogP contribution is 2.27. The highest BCUT2D eigenvalue weighted by atomic mass is 19.1.